The summed E-state index contributed by atoms with van der Waals surface area (Å²) in [6, 6.07) is 5.32. The van der Waals surface area contributed by atoms with Crippen LogP contribution in [0, 0.1) is 0 Å². The molecule has 0 unspecified atom stereocenters. The Balaban J connectivity index is 1.41. The predicted molar refractivity (Wildman–Crippen MR) is 79.3 cm³/mol. The molecule has 7 nitrogen and oxygen atoms in total. The first-order valence-electron chi connectivity index (χ1n) is 7.81. The number of nitrogens with one attached hydrogen (secondary N) is 1. The Hall–Kier alpha value is -2.44. The van der Waals surface area contributed by atoms with Crippen LogP contribution in [0.4, 0.5) is 0 Å². The molecule has 2 fully saturated rings. The van der Waals surface area contributed by atoms with Gasteiger partial charge in [-0.05, 0) is 25.0 Å². The molecule has 2 saturated heterocycles. The molecule has 3 aliphatic rings. The standard InChI is InChI=1S/C16H18N2O5/c19-15-5-10-1-2-11(7-17-15)18(10)16(20)8-21-12-3-4-13-14(6-12)23-9-22-13/h3-4,6,10-11H,1-2,5,7-9H2,(H,17,19)/t10-,11+/m1/s1. The van der Waals surface area contributed by atoms with Gasteiger partial charge in [0.1, 0.15) is 5.75 Å². The van der Waals surface area contributed by atoms with Crippen molar-refractivity contribution in [3.05, 3.63) is 18.2 Å². The maximum absolute atomic E-state index is 12.5. The molecule has 0 aliphatic carbocycles. The zero-order valence-electron chi connectivity index (χ0n) is 12.6. The lowest BCUT2D eigenvalue weighted by molar-refractivity contribution is -0.136. The van der Waals surface area contributed by atoms with Gasteiger partial charge in [0.05, 0.1) is 0 Å². The normalized spacial score (nSPS) is 25.0. The third-order valence-corrected chi connectivity index (χ3v) is 4.57. The Morgan fingerprint density at radius 1 is 1.26 bits per heavy atom. The van der Waals surface area contributed by atoms with Gasteiger partial charge in [0, 0.05) is 31.1 Å². The minimum Gasteiger partial charge on any atom is -0.484 e. The van der Waals surface area contributed by atoms with Crippen LogP contribution < -0.4 is 19.5 Å². The maximum Gasteiger partial charge on any atom is 0.261 e. The largest absolute Gasteiger partial charge is 0.484 e. The highest BCUT2D eigenvalue weighted by Crippen LogP contribution is 2.35. The Morgan fingerprint density at radius 2 is 2.09 bits per heavy atom. The molecule has 1 aromatic carbocycles. The summed E-state index contributed by atoms with van der Waals surface area (Å²) in [5.74, 6) is 1.82. The lowest BCUT2D eigenvalue weighted by Crippen LogP contribution is -2.44. The van der Waals surface area contributed by atoms with Gasteiger partial charge in [-0.2, -0.15) is 0 Å². The van der Waals surface area contributed by atoms with Crippen LogP contribution in [0.3, 0.4) is 0 Å². The molecule has 23 heavy (non-hydrogen) atoms. The second-order valence-corrected chi connectivity index (χ2v) is 6.00. The van der Waals surface area contributed by atoms with Crippen LogP contribution in [0.25, 0.3) is 0 Å². The summed E-state index contributed by atoms with van der Waals surface area (Å²) in [5, 5.41) is 2.86. The molecule has 122 valence electrons. The van der Waals surface area contributed by atoms with Gasteiger partial charge in [-0.25, -0.2) is 0 Å². The van der Waals surface area contributed by atoms with Crippen molar-refractivity contribution in [2.45, 2.75) is 31.3 Å². The summed E-state index contributed by atoms with van der Waals surface area (Å²) in [6.07, 6.45) is 2.20. The third-order valence-electron chi connectivity index (χ3n) is 4.57. The van der Waals surface area contributed by atoms with Gasteiger partial charge in [0.25, 0.3) is 5.91 Å². The number of benzene rings is 1. The number of nitrogens with zero attached hydrogens (tertiary/aromatic N) is 1. The molecule has 3 aliphatic heterocycles. The highest BCUT2D eigenvalue weighted by molar-refractivity contribution is 5.82. The summed E-state index contributed by atoms with van der Waals surface area (Å²) >= 11 is 0. The van der Waals surface area contributed by atoms with Gasteiger partial charge in [-0.15, -0.1) is 0 Å². The van der Waals surface area contributed by atoms with Gasteiger partial charge < -0.3 is 24.4 Å². The lowest BCUT2D eigenvalue weighted by Gasteiger charge is -2.27. The Bertz CT molecular complexity index is 647. The van der Waals surface area contributed by atoms with Gasteiger partial charge in [0.2, 0.25) is 12.7 Å². The first kappa shape index (κ1) is 14.2. The van der Waals surface area contributed by atoms with Crippen molar-refractivity contribution < 1.29 is 23.8 Å². The minimum atomic E-state index is -0.0772. The number of hydrogen-bond acceptors (Lipinski definition) is 5. The Morgan fingerprint density at radius 3 is 3.00 bits per heavy atom. The van der Waals surface area contributed by atoms with Crippen LogP contribution >= 0.6 is 0 Å². The predicted octanol–water partition coefficient (Wildman–Crippen LogP) is 0.674. The topological polar surface area (TPSA) is 77.1 Å². The van der Waals surface area contributed by atoms with E-state index in [9.17, 15) is 9.59 Å². The molecule has 7 heteroatoms. The maximum atomic E-state index is 12.5. The molecule has 1 N–H and O–H groups in total. The van der Waals surface area contributed by atoms with Crippen molar-refractivity contribution in [1.82, 2.24) is 10.2 Å². The number of carbonyl (C=O) groups excluding carboxylic acids is 2. The number of rotatable bonds is 3. The first-order chi connectivity index (χ1) is 11.2. The Labute approximate surface area is 133 Å². The third kappa shape index (κ3) is 2.67. The number of amides is 2. The van der Waals surface area contributed by atoms with Crippen molar-refractivity contribution in [2.75, 3.05) is 19.9 Å². The van der Waals surface area contributed by atoms with Crippen LogP contribution in [0.1, 0.15) is 19.3 Å². The summed E-state index contributed by atoms with van der Waals surface area (Å²) in [5.41, 5.74) is 0. The molecule has 4 rings (SSSR count). The lowest BCUT2D eigenvalue weighted by atomic mass is 10.1. The van der Waals surface area contributed by atoms with Crippen LogP contribution in [0.5, 0.6) is 17.2 Å². The van der Waals surface area contributed by atoms with Gasteiger partial charge in [-0.3, -0.25) is 9.59 Å². The van der Waals surface area contributed by atoms with E-state index in [1.54, 1.807) is 18.2 Å². The molecule has 2 atom stereocenters. The van der Waals surface area contributed by atoms with Crippen molar-refractivity contribution in [3.63, 3.8) is 0 Å². The molecule has 0 saturated carbocycles. The molecule has 2 bridgehead atoms. The van der Waals surface area contributed by atoms with E-state index in [-0.39, 0.29) is 37.3 Å². The average molecular weight is 318 g/mol. The van der Waals surface area contributed by atoms with E-state index in [0.717, 1.165) is 12.8 Å². The number of fused-ring (bicyclic) bond motifs is 3. The number of carbonyl (C=O) groups is 2. The van der Waals surface area contributed by atoms with Crippen molar-refractivity contribution in [1.29, 1.82) is 0 Å². The summed E-state index contributed by atoms with van der Waals surface area (Å²) in [4.78, 5) is 26.0. The van der Waals surface area contributed by atoms with E-state index in [1.807, 2.05) is 4.90 Å². The molecular weight excluding hydrogens is 300 g/mol. The summed E-state index contributed by atoms with van der Waals surface area (Å²) < 4.78 is 16.1. The molecule has 0 spiro atoms. The van der Waals surface area contributed by atoms with E-state index >= 15 is 0 Å². The van der Waals surface area contributed by atoms with Crippen LogP contribution in [-0.2, 0) is 9.59 Å². The second kappa shape index (κ2) is 5.64. The van der Waals surface area contributed by atoms with E-state index in [2.05, 4.69) is 5.32 Å². The van der Waals surface area contributed by atoms with Crippen molar-refractivity contribution in [2.24, 2.45) is 0 Å². The molecule has 3 heterocycles. The van der Waals surface area contributed by atoms with Crippen LogP contribution in [0.2, 0.25) is 0 Å². The van der Waals surface area contributed by atoms with Crippen LogP contribution in [0.15, 0.2) is 18.2 Å². The van der Waals surface area contributed by atoms with Gasteiger partial charge >= 0.3 is 0 Å². The smallest absolute Gasteiger partial charge is 0.261 e. The molecular formula is C16H18N2O5. The van der Waals surface area contributed by atoms with E-state index < -0.39 is 0 Å². The van der Waals surface area contributed by atoms with E-state index in [1.165, 1.54) is 0 Å². The fraction of sp³-hybridized carbons (Fsp3) is 0.500. The fourth-order valence-corrected chi connectivity index (χ4v) is 3.47. The number of hydrogen-bond donors (Lipinski definition) is 1. The molecule has 1 aromatic rings. The monoisotopic (exact) mass is 318 g/mol. The minimum absolute atomic E-state index is 0.00430. The van der Waals surface area contributed by atoms with E-state index in [0.29, 0.717) is 30.2 Å². The molecule has 0 aromatic heterocycles. The van der Waals surface area contributed by atoms with Crippen LogP contribution in [-0.4, -0.2) is 48.7 Å². The fourth-order valence-electron chi connectivity index (χ4n) is 3.47. The number of ether oxygens (including phenoxy) is 3. The quantitative estimate of drug-likeness (QED) is 0.886. The van der Waals surface area contributed by atoms with E-state index in [4.69, 9.17) is 14.2 Å². The second-order valence-electron chi connectivity index (χ2n) is 6.00. The average Bonchev–Trinajstić information content (AvgIpc) is 3.11. The summed E-state index contributed by atoms with van der Waals surface area (Å²) in [6.45, 7) is 0.696. The highest BCUT2D eigenvalue weighted by atomic mass is 16.7. The van der Waals surface area contributed by atoms with Gasteiger partial charge in [-0.1, -0.05) is 0 Å². The SMILES string of the molecule is O=C1C[C@H]2CC[C@@H](CN1)N2C(=O)COc1ccc2c(c1)OCO2. The molecule has 2 amide bonds. The summed E-state index contributed by atoms with van der Waals surface area (Å²) in [7, 11) is 0. The van der Waals surface area contributed by atoms with Crippen molar-refractivity contribution in [3.8, 4) is 17.2 Å². The zero-order chi connectivity index (χ0) is 15.8. The Kier molecular flexibility index (Phi) is 3.48. The van der Waals surface area contributed by atoms with Gasteiger partial charge in [0.15, 0.2) is 18.1 Å². The highest BCUT2D eigenvalue weighted by Gasteiger charge is 2.40. The molecule has 0 radical (unpaired) electrons. The zero-order valence-corrected chi connectivity index (χ0v) is 12.6. The van der Waals surface area contributed by atoms with Crippen molar-refractivity contribution >= 4 is 11.8 Å². The first-order valence-corrected chi connectivity index (χ1v) is 7.81.